The zero-order valence-corrected chi connectivity index (χ0v) is 9.90. The van der Waals surface area contributed by atoms with E-state index in [2.05, 4.69) is 5.32 Å². The number of hydrogen-bond acceptors (Lipinski definition) is 3. The van der Waals surface area contributed by atoms with Crippen LogP contribution in [0, 0.1) is 11.8 Å². The molecule has 1 saturated carbocycles. The predicted octanol–water partition coefficient (Wildman–Crippen LogP) is 0.611. The molecule has 4 nitrogen and oxygen atoms in total. The molecule has 0 aromatic rings. The van der Waals surface area contributed by atoms with Crippen LogP contribution < -0.4 is 5.32 Å². The van der Waals surface area contributed by atoms with E-state index in [1.807, 2.05) is 0 Å². The summed E-state index contributed by atoms with van der Waals surface area (Å²) in [7, 11) is 0. The number of morpholine rings is 1. The number of rotatable bonds is 3. The molecular weight excluding hydrogens is 204 g/mol. The fourth-order valence-corrected chi connectivity index (χ4v) is 3.39. The van der Waals surface area contributed by atoms with Crippen molar-refractivity contribution in [3.63, 3.8) is 0 Å². The van der Waals surface area contributed by atoms with Gasteiger partial charge in [-0.15, -0.1) is 0 Å². The van der Waals surface area contributed by atoms with Crippen molar-refractivity contribution in [3.8, 4) is 0 Å². The Labute approximate surface area is 97.1 Å². The van der Waals surface area contributed by atoms with E-state index in [0.717, 1.165) is 50.7 Å². The van der Waals surface area contributed by atoms with Gasteiger partial charge in [0.25, 0.3) is 0 Å². The van der Waals surface area contributed by atoms with Gasteiger partial charge in [0.15, 0.2) is 0 Å². The van der Waals surface area contributed by atoms with E-state index in [4.69, 9.17) is 4.74 Å². The minimum Gasteiger partial charge on any atom is -0.370 e. The van der Waals surface area contributed by atoms with Crippen molar-refractivity contribution >= 4 is 0 Å². The smallest absolute Gasteiger partial charge is 0.132 e. The van der Waals surface area contributed by atoms with E-state index in [1.165, 1.54) is 25.8 Å². The highest BCUT2D eigenvalue weighted by molar-refractivity contribution is 4.94. The van der Waals surface area contributed by atoms with Crippen LogP contribution in [0.2, 0.25) is 0 Å². The zero-order chi connectivity index (χ0) is 11.0. The van der Waals surface area contributed by atoms with E-state index < -0.39 is 0 Å². The van der Waals surface area contributed by atoms with Gasteiger partial charge in [-0.05, 0) is 25.2 Å². The fourth-order valence-electron chi connectivity index (χ4n) is 3.39. The molecule has 0 amide bonds. The van der Waals surface area contributed by atoms with Crippen molar-refractivity contribution in [2.45, 2.75) is 25.3 Å². The maximum Gasteiger partial charge on any atom is 0.132 e. The Bertz CT molecular complexity index is 249. The molecule has 92 valence electrons. The second-order valence-corrected chi connectivity index (χ2v) is 5.79. The molecular formula is C12H23N2O2+. The average Bonchev–Trinajstić information content (AvgIpc) is 3.02. The molecule has 0 spiro atoms. The van der Waals surface area contributed by atoms with Crippen molar-refractivity contribution in [2.24, 2.45) is 11.8 Å². The molecule has 3 aliphatic rings. The van der Waals surface area contributed by atoms with Gasteiger partial charge in [0, 0.05) is 18.5 Å². The van der Waals surface area contributed by atoms with Crippen LogP contribution in [0.15, 0.2) is 0 Å². The molecule has 0 radical (unpaired) electrons. The van der Waals surface area contributed by atoms with E-state index in [-0.39, 0.29) is 4.65 Å². The first-order valence-electron chi connectivity index (χ1n) is 6.65. The van der Waals surface area contributed by atoms with Crippen LogP contribution in [-0.4, -0.2) is 55.3 Å². The fraction of sp³-hybridized carbons (Fsp3) is 1.00. The summed E-state index contributed by atoms with van der Waals surface area (Å²) < 4.78 is 5.57. The van der Waals surface area contributed by atoms with Crippen LogP contribution in [0.5, 0.6) is 0 Å². The monoisotopic (exact) mass is 227 g/mol. The van der Waals surface area contributed by atoms with Gasteiger partial charge in [0.2, 0.25) is 0 Å². The highest BCUT2D eigenvalue weighted by atomic mass is 16.6. The predicted molar refractivity (Wildman–Crippen MR) is 60.1 cm³/mol. The van der Waals surface area contributed by atoms with Crippen molar-refractivity contribution in [1.29, 1.82) is 0 Å². The second-order valence-electron chi connectivity index (χ2n) is 5.79. The third kappa shape index (κ3) is 2.40. The molecule has 4 heteroatoms. The minimum absolute atomic E-state index is 0.259. The summed E-state index contributed by atoms with van der Waals surface area (Å²) in [5, 5.41) is 13.8. The quantitative estimate of drug-likeness (QED) is 0.549. The number of ether oxygens (including phenoxy) is 1. The van der Waals surface area contributed by atoms with Gasteiger partial charge in [-0.1, -0.05) is 0 Å². The second kappa shape index (κ2) is 4.26. The zero-order valence-electron chi connectivity index (χ0n) is 9.90. The van der Waals surface area contributed by atoms with Crippen LogP contribution in [0.1, 0.15) is 19.3 Å². The standard InChI is InChI=1S/C12H23N2O2/c15-14(3-5-16-6-4-14)9-10-1-2-11(7-10)12-8-13-12/h10-13,15H,1-9H2/q+1. The first-order chi connectivity index (χ1) is 7.75. The largest absolute Gasteiger partial charge is 0.370 e. The number of hydrogen-bond donors (Lipinski definition) is 2. The molecule has 3 rings (SSSR count). The topological polar surface area (TPSA) is 51.4 Å². The van der Waals surface area contributed by atoms with E-state index >= 15 is 0 Å². The van der Waals surface area contributed by atoms with Gasteiger partial charge >= 0.3 is 0 Å². The molecule has 1 aliphatic carbocycles. The summed E-state index contributed by atoms with van der Waals surface area (Å²) in [6, 6.07) is 0.807. The molecule has 0 bridgehead atoms. The number of hydroxylamine groups is 3. The Kier molecular flexibility index (Phi) is 2.92. The summed E-state index contributed by atoms with van der Waals surface area (Å²) >= 11 is 0. The molecule has 0 aromatic carbocycles. The van der Waals surface area contributed by atoms with Gasteiger partial charge in [0.05, 0.1) is 13.2 Å². The molecule has 2 aliphatic heterocycles. The van der Waals surface area contributed by atoms with Crippen LogP contribution in [0.25, 0.3) is 0 Å². The molecule has 3 atom stereocenters. The number of nitrogens with zero attached hydrogens (tertiary/aromatic N) is 1. The van der Waals surface area contributed by atoms with E-state index in [0.29, 0.717) is 0 Å². The third-order valence-corrected chi connectivity index (χ3v) is 4.49. The summed E-state index contributed by atoms with van der Waals surface area (Å²) in [6.07, 6.45) is 3.99. The summed E-state index contributed by atoms with van der Waals surface area (Å²) in [4.78, 5) is 0. The molecule has 3 unspecified atom stereocenters. The molecule has 2 saturated heterocycles. The van der Waals surface area contributed by atoms with Crippen LogP contribution in [0.4, 0.5) is 0 Å². The van der Waals surface area contributed by atoms with E-state index in [9.17, 15) is 5.21 Å². The third-order valence-electron chi connectivity index (χ3n) is 4.49. The van der Waals surface area contributed by atoms with E-state index in [1.54, 1.807) is 0 Å². The van der Waals surface area contributed by atoms with Crippen LogP contribution in [0.3, 0.4) is 0 Å². The SMILES string of the molecule is O[N+]1(CC2CCC(C3CN3)C2)CCOCC1. The summed E-state index contributed by atoms with van der Waals surface area (Å²) in [5.74, 6) is 1.62. The van der Waals surface area contributed by atoms with Crippen molar-refractivity contribution in [3.05, 3.63) is 0 Å². The Morgan fingerprint density at radius 3 is 2.69 bits per heavy atom. The molecule has 16 heavy (non-hydrogen) atoms. The maximum atomic E-state index is 10.4. The molecule has 0 aromatic heterocycles. The average molecular weight is 227 g/mol. The Morgan fingerprint density at radius 1 is 1.25 bits per heavy atom. The Hall–Kier alpha value is -0.160. The summed E-state index contributed by atoms with van der Waals surface area (Å²) in [5.41, 5.74) is 0. The van der Waals surface area contributed by atoms with Crippen LogP contribution >= 0.6 is 0 Å². The first-order valence-corrected chi connectivity index (χ1v) is 6.65. The van der Waals surface area contributed by atoms with Gasteiger partial charge < -0.3 is 10.1 Å². The van der Waals surface area contributed by atoms with Gasteiger partial charge in [0.1, 0.15) is 19.6 Å². The molecule has 2 N–H and O–H groups in total. The van der Waals surface area contributed by atoms with Crippen molar-refractivity contribution < 1.29 is 14.6 Å². The van der Waals surface area contributed by atoms with Crippen molar-refractivity contribution in [2.75, 3.05) is 39.4 Å². The number of nitrogens with one attached hydrogen (secondary N) is 1. The van der Waals surface area contributed by atoms with Gasteiger partial charge in [-0.2, -0.15) is 4.65 Å². The molecule has 3 fully saturated rings. The van der Waals surface area contributed by atoms with Gasteiger partial charge in [-0.25, -0.2) is 5.21 Å². The lowest BCUT2D eigenvalue weighted by molar-refractivity contribution is -1.11. The van der Waals surface area contributed by atoms with Crippen molar-refractivity contribution in [1.82, 2.24) is 5.32 Å². The van der Waals surface area contributed by atoms with Crippen LogP contribution in [-0.2, 0) is 4.74 Å². The van der Waals surface area contributed by atoms with Gasteiger partial charge in [-0.3, -0.25) is 0 Å². The summed E-state index contributed by atoms with van der Waals surface area (Å²) in [6.45, 7) is 5.18. The molecule has 2 heterocycles. The first kappa shape index (κ1) is 11.0. The number of quaternary nitrogens is 1. The minimum atomic E-state index is 0.259. The maximum absolute atomic E-state index is 10.4. The lowest BCUT2D eigenvalue weighted by Crippen LogP contribution is -2.54. The Balaban J connectivity index is 1.50. The normalized spacial score (nSPS) is 42.2. The highest BCUT2D eigenvalue weighted by Crippen LogP contribution is 2.36. The highest BCUT2D eigenvalue weighted by Gasteiger charge is 2.40. The lowest BCUT2D eigenvalue weighted by atomic mass is 10.0. The lowest BCUT2D eigenvalue weighted by Gasteiger charge is -2.35. The Morgan fingerprint density at radius 2 is 2.00 bits per heavy atom.